The van der Waals surface area contributed by atoms with Crippen molar-refractivity contribution in [2.75, 3.05) is 0 Å². The van der Waals surface area contributed by atoms with Gasteiger partial charge < -0.3 is 0 Å². The molecule has 4 nitrogen and oxygen atoms in total. The summed E-state index contributed by atoms with van der Waals surface area (Å²) in [5.41, 5.74) is 2.82. The fourth-order valence-corrected chi connectivity index (χ4v) is 6.65. The molecule has 0 spiro atoms. The Morgan fingerprint density at radius 2 is 1.71 bits per heavy atom. The summed E-state index contributed by atoms with van der Waals surface area (Å²) in [4.78, 5) is 52.0. The van der Waals surface area contributed by atoms with E-state index in [4.69, 9.17) is 0 Å². The van der Waals surface area contributed by atoms with Gasteiger partial charge in [0.2, 0.25) is 10.9 Å². The average molecular weight is 439 g/mol. The normalized spacial score (nSPS) is 20.7. The fourth-order valence-electron chi connectivity index (χ4n) is 5.27. The molecule has 3 aliphatic rings. The Morgan fingerprint density at radius 3 is 2.39 bits per heavy atom. The van der Waals surface area contributed by atoms with E-state index in [9.17, 15) is 19.2 Å². The van der Waals surface area contributed by atoms with Crippen LogP contribution in [0.15, 0.2) is 9.59 Å². The molecule has 0 amide bonds. The van der Waals surface area contributed by atoms with Crippen LogP contribution in [-0.4, -0.2) is 11.6 Å². The molecule has 3 aliphatic carbocycles. The molecule has 164 valence electrons. The number of fused-ring (bicyclic) bond motifs is 1. The Labute approximate surface area is 186 Å². The van der Waals surface area contributed by atoms with E-state index in [0.29, 0.717) is 42.9 Å². The highest BCUT2D eigenvalue weighted by molar-refractivity contribution is 7.12. The SMILES string of the molecule is CCc1c(C[C@H]2CCc3sc(CC(=O)C4CC4)c(C(=O)CCC4CC4)c3C2)c(=O)c1=O. The van der Waals surface area contributed by atoms with E-state index in [2.05, 4.69) is 0 Å². The van der Waals surface area contributed by atoms with Gasteiger partial charge in [-0.2, -0.15) is 0 Å². The predicted octanol–water partition coefficient (Wildman–Crippen LogP) is 4.15. The molecule has 31 heavy (non-hydrogen) atoms. The van der Waals surface area contributed by atoms with Crippen LogP contribution in [-0.2, 0) is 36.9 Å². The van der Waals surface area contributed by atoms with Crippen LogP contribution in [0.3, 0.4) is 0 Å². The molecule has 1 heterocycles. The van der Waals surface area contributed by atoms with Gasteiger partial charge in [-0.1, -0.05) is 19.8 Å². The summed E-state index contributed by atoms with van der Waals surface area (Å²) < 4.78 is 0. The van der Waals surface area contributed by atoms with Crippen molar-refractivity contribution in [3.8, 4) is 0 Å². The number of Topliss-reactive ketones (excluding diaryl/α,β-unsaturated/α-hetero) is 2. The summed E-state index contributed by atoms with van der Waals surface area (Å²) in [6.07, 6.45) is 10.4. The number of aryl methyl sites for hydroxylation is 1. The van der Waals surface area contributed by atoms with Gasteiger partial charge in [-0.05, 0) is 68.8 Å². The summed E-state index contributed by atoms with van der Waals surface area (Å²) >= 11 is 1.69. The van der Waals surface area contributed by atoms with Crippen molar-refractivity contribution in [2.24, 2.45) is 17.8 Å². The van der Waals surface area contributed by atoms with E-state index in [1.807, 2.05) is 6.92 Å². The summed E-state index contributed by atoms with van der Waals surface area (Å²) in [6, 6.07) is 0. The first kappa shape index (κ1) is 21.0. The van der Waals surface area contributed by atoms with Crippen LogP contribution in [0.4, 0.5) is 0 Å². The summed E-state index contributed by atoms with van der Waals surface area (Å²) in [5, 5.41) is 0. The molecule has 5 heteroatoms. The average Bonchev–Trinajstić information content (AvgIpc) is 3.68. The van der Waals surface area contributed by atoms with Crippen molar-refractivity contribution in [2.45, 2.75) is 84.0 Å². The van der Waals surface area contributed by atoms with Gasteiger partial charge in [-0.15, -0.1) is 11.3 Å². The molecule has 2 fully saturated rings. The number of carbonyl (C=O) groups excluding carboxylic acids is 2. The lowest BCUT2D eigenvalue weighted by Crippen LogP contribution is -2.40. The molecule has 1 aromatic carbocycles. The summed E-state index contributed by atoms with van der Waals surface area (Å²) in [5.74, 6) is 1.72. The molecule has 0 radical (unpaired) electrons. The van der Waals surface area contributed by atoms with Crippen LogP contribution in [0, 0.1) is 17.8 Å². The third kappa shape index (κ3) is 4.13. The minimum Gasteiger partial charge on any atom is -0.299 e. The van der Waals surface area contributed by atoms with Crippen LogP contribution in [0.25, 0.3) is 0 Å². The third-order valence-electron chi connectivity index (χ3n) is 7.52. The van der Waals surface area contributed by atoms with Crippen LogP contribution < -0.4 is 10.9 Å². The van der Waals surface area contributed by atoms with Crippen LogP contribution in [0.1, 0.15) is 88.7 Å². The Hall–Kier alpha value is -1.88. The highest BCUT2D eigenvalue weighted by Crippen LogP contribution is 2.41. The quantitative estimate of drug-likeness (QED) is 0.413. The minimum absolute atomic E-state index is 0.211. The van der Waals surface area contributed by atoms with Crippen molar-refractivity contribution in [3.63, 3.8) is 0 Å². The van der Waals surface area contributed by atoms with E-state index in [1.165, 1.54) is 17.7 Å². The van der Waals surface area contributed by atoms with Crippen molar-refractivity contribution >= 4 is 22.9 Å². The number of hydrogen-bond acceptors (Lipinski definition) is 5. The number of hydrogen-bond donors (Lipinski definition) is 0. The van der Waals surface area contributed by atoms with Crippen molar-refractivity contribution in [1.29, 1.82) is 0 Å². The van der Waals surface area contributed by atoms with Gasteiger partial charge in [0, 0.05) is 45.2 Å². The second kappa shape index (κ2) is 8.23. The smallest absolute Gasteiger partial charge is 0.229 e. The molecule has 2 aromatic rings. The van der Waals surface area contributed by atoms with Crippen LogP contribution in [0.5, 0.6) is 0 Å². The first-order valence-corrected chi connectivity index (χ1v) is 12.8. The summed E-state index contributed by atoms with van der Waals surface area (Å²) in [6.45, 7) is 1.93. The molecular weight excluding hydrogens is 408 g/mol. The maximum Gasteiger partial charge on any atom is 0.229 e. The van der Waals surface area contributed by atoms with Gasteiger partial charge in [0.15, 0.2) is 5.78 Å². The standard InChI is InChI=1S/C26H30O4S/c1-2-17-18(26(30)25(17)29)11-15-6-10-22-19(12-15)24(20(27)9-5-14-3-4-14)23(31-22)13-21(28)16-7-8-16/h14-16H,2-13H2,1H3/t15-/m1/s1. The van der Waals surface area contributed by atoms with Crippen LogP contribution >= 0.6 is 11.3 Å². The zero-order chi connectivity index (χ0) is 21.7. The molecule has 0 unspecified atom stereocenters. The van der Waals surface area contributed by atoms with E-state index >= 15 is 0 Å². The number of thiophene rings is 1. The second-order valence-corrected chi connectivity index (χ2v) is 11.1. The van der Waals surface area contributed by atoms with E-state index < -0.39 is 0 Å². The highest BCUT2D eigenvalue weighted by atomic mass is 32.1. The predicted molar refractivity (Wildman–Crippen MR) is 122 cm³/mol. The van der Waals surface area contributed by atoms with Crippen LogP contribution in [0.2, 0.25) is 0 Å². The molecule has 0 N–H and O–H groups in total. The maximum absolute atomic E-state index is 13.3. The zero-order valence-corrected chi connectivity index (χ0v) is 19.1. The molecule has 0 aliphatic heterocycles. The van der Waals surface area contributed by atoms with Gasteiger partial charge in [-0.3, -0.25) is 19.2 Å². The van der Waals surface area contributed by atoms with Crippen molar-refractivity contribution in [3.05, 3.63) is 52.5 Å². The van der Waals surface area contributed by atoms with Gasteiger partial charge in [0.05, 0.1) is 0 Å². The highest BCUT2D eigenvalue weighted by Gasteiger charge is 2.35. The molecule has 0 saturated heterocycles. The Bertz CT molecular complexity index is 1110. The van der Waals surface area contributed by atoms with Gasteiger partial charge in [-0.25, -0.2) is 0 Å². The first-order valence-electron chi connectivity index (χ1n) is 12.0. The molecule has 0 bridgehead atoms. The molecule has 1 aromatic heterocycles. The Balaban J connectivity index is 1.39. The first-order chi connectivity index (χ1) is 15.0. The lowest BCUT2D eigenvalue weighted by Gasteiger charge is -2.24. The van der Waals surface area contributed by atoms with Crippen molar-refractivity contribution in [1.82, 2.24) is 0 Å². The zero-order valence-electron chi connectivity index (χ0n) is 18.3. The molecule has 5 rings (SSSR count). The maximum atomic E-state index is 13.3. The van der Waals surface area contributed by atoms with Gasteiger partial charge in [0.25, 0.3) is 0 Å². The number of carbonyl (C=O) groups is 2. The largest absolute Gasteiger partial charge is 0.299 e. The van der Waals surface area contributed by atoms with Crippen molar-refractivity contribution < 1.29 is 9.59 Å². The van der Waals surface area contributed by atoms with E-state index in [1.54, 1.807) is 11.3 Å². The van der Waals surface area contributed by atoms with Gasteiger partial charge in [0.1, 0.15) is 5.78 Å². The van der Waals surface area contributed by atoms with E-state index in [0.717, 1.165) is 60.1 Å². The molecule has 2 saturated carbocycles. The Kier molecular flexibility index (Phi) is 5.58. The monoisotopic (exact) mass is 438 g/mol. The summed E-state index contributed by atoms with van der Waals surface area (Å²) in [7, 11) is 0. The Morgan fingerprint density at radius 1 is 0.968 bits per heavy atom. The molecular formula is C26H30O4S. The van der Waals surface area contributed by atoms with Gasteiger partial charge >= 0.3 is 0 Å². The minimum atomic E-state index is -0.304. The van der Waals surface area contributed by atoms with E-state index in [-0.39, 0.29) is 28.5 Å². The lowest BCUT2D eigenvalue weighted by atomic mass is 9.79. The molecule has 1 atom stereocenters. The number of rotatable bonds is 10. The lowest BCUT2D eigenvalue weighted by molar-refractivity contribution is -0.119. The second-order valence-electron chi connectivity index (χ2n) is 9.91. The number of ketones is 2. The fraction of sp³-hybridized carbons (Fsp3) is 0.615. The topological polar surface area (TPSA) is 68.3 Å². The third-order valence-corrected chi connectivity index (χ3v) is 8.82.